The number of rotatable bonds is 13. The number of hydrogen-bond acceptors (Lipinski definition) is 4. The van der Waals surface area contributed by atoms with Gasteiger partial charge in [0.05, 0.1) is 29.1 Å². The normalized spacial score (nSPS) is 12.5. The van der Waals surface area contributed by atoms with Gasteiger partial charge in [-0.05, 0) is 56.0 Å². The first-order valence-corrected chi connectivity index (χ1v) is 13.0. The molecule has 194 valence electrons. The lowest BCUT2D eigenvalue weighted by atomic mass is 9.99. The molecule has 2 heterocycles. The van der Waals surface area contributed by atoms with Gasteiger partial charge in [0.25, 0.3) is 5.91 Å². The number of carboxylic acid groups (broad SMARTS) is 1. The maximum Gasteiger partial charge on any atom is 0.303 e. The van der Waals surface area contributed by atoms with E-state index in [4.69, 9.17) is 9.84 Å². The highest BCUT2D eigenvalue weighted by Gasteiger charge is 2.36. The zero-order valence-corrected chi connectivity index (χ0v) is 21.5. The van der Waals surface area contributed by atoms with Crippen molar-refractivity contribution in [3.8, 4) is 22.9 Å². The molecule has 1 aliphatic heterocycles. The van der Waals surface area contributed by atoms with E-state index in [-0.39, 0.29) is 18.2 Å². The Morgan fingerprint density at radius 2 is 1.62 bits per heavy atom. The quantitative estimate of drug-likeness (QED) is 0.264. The standard InChI is InChI=1S/C30H34N2O5/c1-3-4-5-7-18-32-28(22-14-16-23(17-15-22)37-19-8-6-9-24(33)34)26-25(30(32)36)27(31-29(26)35)21-12-10-20(2)11-13-21/h10-17,36H,3-9,18-19H2,1-2H3,(H,33,34). The molecule has 0 spiro atoms. The van der Waals surface area contributed by atoms with Gasteiger partial charge in [-0.1, -0.05) is 56.0 Å². The molecule has 0 unspecified atom stereocenters. The van der Waals surface area contributed by atoms with E-state index in [1.807, 2.05) is 60.0 Å². The summed E-state index contributed by atoms with van der Waals surface area (Å²) in [5.74, 6) is -0.404. The molecule has 0 atom stereocenters. The Labute approximate surface area is 217 Å². The van der Waals surface area contributed by atoms with Crippen molar-refractivity contribution < 1.29 is 24.5 Å². The third-order valence-electron chi connectivity index (χ3n) is 6.64. The maximum atomic E-state index is 13.2. The molecule has 37 heavy (non-hydrogen) atoms. The molecule has 1 aromatic heterocycles. The summed E-state index contributed by atoms with van der Waals surface area (Å²) in [6, 6.07) is 15.3. The zero-order chi connectivity index (χ0) is 26.4. The van der Waals surface area contributed by atoms with Crippen LogP contribution >= 0.6 is 0 Å². The summed E-state index contributed by atoms with van der Waals surface area (Å²) < 4.78 is 7.62. The van der Waals surface area contributed by atoms with E-state index >= 15 is 0 Å². The van der Waals surface area contributed by atoms with Crippen LogP contribution in [-0.4, -0.2) is 39.0 Å². The molecule has 3 aromatic rings. The number of unbranched alkanes of at least 4 members (excludes halogenated alkanes) is 4. The predicted octanol–water partition coefficient (Wildman–Crippen LogP) is 6.37. The lowest BCUT2D eigenvalue weighted by Gasteiger charge is -2.13. The largest absolute Gasteiger partial charge is 0.494 e. The Morgan fingerprint density at radius 3 is 2.30 bits per heavy atom. The van der Waals surface area contributed by atoms with Gasteiger partial charge in [-0.25, -0.2) is 4.99 Å². The molecule has 2 N–H and O–H groups in total. The maximum absolute atomic E-state index is 13.2. The Balaban J connectivity index is 1.64. The topological polar surface area (TPSA) is 101 Å². The van der Waals surface area contributed by atoms with Crippen molar-refractivity contribution in [1.29, 1.82) is 0 Å². The summed E-state index contributed by atoms with van der Waals surface area (Å²) in [6.07, 6.45) is 5.52. The van der Waals surface area contributed by atoms with Crippen LogP contribution in [0.4, 0.5) is 0 Å². The highest BCUT2D eigenvalue weighted by molar-refractivity contribution is 6.30. The smallest absolute Gasteiger partial charge is 0.303 e. The second-order valence-electron chi connectivity index (χ2n) is 9.49. The number of aromatic nitrogens is 1. The van der Waals surface area contributed by atoms with Crippen LogP contribution in [0.2, 0.25) is 0 Å². The minimum absolute atomic E-state index is 0.0745. The molecule has 0 bridgehead atoms. The van der Waals surface area contributed by atoms with E-state index in [2.05, 4.69) is 11.9 Å². The van der Waals surface area contributed by atoms with E-state index in [9.17, 15) is 14.7 Å². The molecule has 1 amide bonds. The number of aryl methyl sites for hydroxylation is 1. The van der Waals surface area contributed by atoms with Crippen LogP contribution in [0, 0.1) is 6.92 Å². The molecule has 0 aliphatic carbocycles. The van der Waals surface area contributed by atoms with E-state index < -0.39 is 5.97 Å². The van der Waals surface area contributed by atoms with E-state index in [0.29, 0.717) is 54.3 Å². The van der Waals surface area contributed by atoms with Crippen LogP contribution in [0.15, 0.2) is 53.5 Å². The fourth-order valence-corrected chi connectivity index (χ4v) is 4.66. The molecule has 2 aromatic carbocycles. The number of amides is 1. The number of benzene rings is 2. The van der Waals surface area contributed by atoms with Gasteiger partial charge in [-0.15, -0.1) is 0 Å². The summed E-state index contributed by atoms with van der Waals surface area (Å²) >= 11 is 0. The first-order valence-electron chi connectivity index (χ1n) is 13.0. The van der Waals surface area contributed by atoms with Gasteiger partial charge >= 0.3 is 5.97 Å². The van der Waals surface area contributed by atoms with Crippen molar-refractivity contribution in [2.45, 2.75) is 65.3 Å². The summed E-state index contributed by atoms with van der Waals surface area (Å²) in [4.78, 5) is 28.2. The van der Waals surface area contributed by atoms with E-state index in [1.54, 1.807) is 0 Å². The number of fused-ring (bicyclic) bond motifs is 1. The highest BCUT2D eigenvalue weighted by atomic mass is 16.5. The first kappa shape index (κ1) is 26.2. The average molecular weight is 503 g/mol. The van der Waals surface area contributed by atoms with Crippen LogP contribution in [0.1, 0.15) is 78.9 Å². The Kier molecular flexibility index (Phi) is 8.43. The number of ether oxygens (including phenoxy) is 1. The Morgan fingerprint density at radius 1 is 0.919 bits per heavy atom. The van der Waals surface area contributed by atoms with Crippen LogP contribution in [0.25, 0.3) is 11.3 Å². The van der Waals surface area contributed by atoms with E-state index in [0.717, 1.165) is 42.4 Å². The summed E-state index contributed by atoms with van der Waals surface area (Å²) in [6.45, 7) is 5.20. The number of aliphatic carboxylic acids is 1. The lowest BCUT2D eigenvalue weighted by Crippen LogP contribution is -2.05. The fraction of sp³-hybridized carbons (Fsp3) is 0.367. The number of nitrogens with zero attached hydrogens (tertiary/aromatic N) is 2. The minimum Gasteiger partial charge on any atom is -0.494 e. The number of aromatic hydroxyl groups is 1. The fourth-order valence-electron chi connectivity index (χ4n) is 4.66. The van der Waals surface area contributed by atoms with Crippen molar-refractivity contribution in [2.75, 3.05) is 6.61 Å². The Bertz CT molecular complexity index is 1290. The minimum atomic E-state index is -0.804. The van der Waals surface area contributed by atoms with Gasteiger partial charge in [0.2, 0.25) is 5.88 Å². The van der Waals surface area contributed by atoms with Crippen LogP contribution in [-0.2, 0) is 11.3 Å². The SMILES string of the molecule is CCCCCCn1c(O)c2c(c1-c1ccc(OCCCCC(=O)O)cc1)C(=O)N=C2c1ccc(C)cc1. The van der Waals surface area contributed by atoms with Crippen LogP contribution in [0.3, 0.4) is 0 Å². The molecule has 0 radical (unpaired) electrons. The second kappa shape index (κ2) is 11.9. The molecule has 0 fully saturated rings. The number of carbonyl (C=O) groups excluding carboxylic acids is 1. The number of carboxylic acids is 1. The summed E-state index contributed by atoms with van der Waals surface area (Å²) in [5.41, 5.74) is 4.83. The van der Waals surface area contributed by atoms with Gasteiger partial charge in [0.15, 0.2) is 0 Å². The predicted molar refractivity (Wildman–Crippen MR) is 144 cm³/mol. The molecule has 4 rings (SSSR count). The molecular formula is C30H34N2O5. The van der Waals surface area contributed by atoms with Crippen LogP contribution < -0.4 is 4.74 Å². The highest BCUT2D eigenvalue weighted by Crippen LogP contribution is 2.41. The molecular weight excluding hydrogens is 468 g/mol. The molecule has 7 nitrogen and oxygen atoms in total. The first-order chi connectivity index (χ1) is 17.9. The average Bonchev–Trinajstić information content (AvgIpc) is 3.37. The van der Waals surface area contributed by atoms with Crippen molar-refractivity contribution in [3.63, 3.8) is 0 Å². The number of carbonyl (C=O) groups is 2. The molecule has 7 heteroatoms. The summed E-state index contributed by atoms with van der Waals surface area (Å²) in [7, 11) is 0. The second-order valence-corrected chi connectivity index (χ2v) is 9.49. The van der Waals surface area contributed by atoms with Crippen molar-refractivity contribution >= 4 is 17.6 Å². The molecule has 0 saturated heterocycles. The van der Waals surface area contributed by atoms with Gasteiger partial charge in [-0.3, -0.25) is 9.59 Å². The van der Waals surface area contributed by atoms with Crippen molar-refractivity contribution in [2.24, 2.45) is 4.99 Å². The number of hydrogen-bond donors (Lipinski definition) is 2. The van der Waals surface area contributed by atoms with Gasteiger partial charge in [0, 0.05) is 18.5 Å². The van der Waals surface area contributed by atoms with Gasteiger partial charge < -0.3 is 19.5 Å². The van der Waals surface area contributed by atoms with Gasteiger partial charge in [-0.2, -0.15) is 0 Å². The lowest BCUT2D eigenvalue weighted by molar-refractivity contribution is -0.137. The van der Waals surface area contributed by atoms with Crippen molar-refractivity contribution in [1.82, 2.24) is 4.57 Å². The van der Waals surface area contributed by atoms with Gasteiger partial charge in [0.1, 0.15) is 5.75 Å². The monoisotopic (exact) mass is 502 g/mol. The van der Waals surface area contributed by atoms with E-state index in [1.165, 1.54) is 0 Å². The third kappa shape index (κ3) is 5.93. The van der Waals surface area contributed by atoms with Crippen molar-refractivity contribution in [3.05, 3.63) is 70.8 Å². The summed E-state index contributed by atoms with van der Waals surface area (Å²) in [5, 5.41) is 20.1. The molecule has 1 aliphatic rings. The third-order valence-corrected chi connectivity index (χ3v) is 6.64. The molecule has 0 saturated carbocycles. The Hall–Kier alpha value is -3.87. The zero-order valence-electron chi connectivity index (χ0n) is 21.5. The number of aliphatic imine (C=N–C) groups is 1. The van der Waals surface area contributed by atoms with Crippen LogP contribution in [0.5, 0.6) is 11.6 Å².